The Morgan fingerprint density at radius 2 is 1.84 bits per heavy atom. The first-order valence-corrected chi connectivity index (χ1v) is 10.1. The van der Waals surface area contributed by atoms with Crippen molar-refractivity contribution >= 4 is 33.9 Å². The number of benzene rings is 1. The van der Waals surface area contributed by atoms with Crippen molar-refractivity contribution in [2.45, 2.75) is 0 Å². The third-order valence-corrected chi connectivity index (χ3v) is 5.31. The highest BCUT2D eigenvalue weighted by molar-refractivity contribution is 5.95. The number of morpholine rings is 1. The number of pyridine rings is 2. The molecule has 0 amide bonds. The van der Waals surface area contributed by atoms with Crippen molar-refractivity contribution < 1.29 is 9.13 Å². The van der Waals surface area contributed by atoms with Crippen molar-refractivity contribution in [3.8, 4) is 11.3 Å². The predicted octanol–water partition coefficient (Wildman–Crippen LogP) is 2.68. The van der Waals surface area contributed by atoms with Crippen molar-refractivity contribution in [2.24, 2.45) is 0 Å². The molecule has 162 valence electrons. The number of aromatic nitrogens is 4. The smallest absolute Gasteiger partial charge is 0.259 e. The van der Waals surface area contributed by atoms with Crippen molar-refractivity contribution in [3.05, 3.63) is 65.1 Å². The van der Waals surface area contributed by atoms with Crippen LogP contribution in [0.5, 0.6) is 0 Å². The molecule has 0 saturated carbocycles. The SMILES string of the molecule is Nc1ncc(-c2cc3c(F)c[nH]c(=O)c3c(Nc3ccc(N4CCOCC4)cc3)n2)cn1. The van der Waals surface area contributed by atoms with E-state index in [-0.39, 0.29) is 22.5 Å². The molecule has 4 aromatic rings. The highest BCUT2D eigenvalue weighted by Crippen LogP contribution is 2.29. The molecule has 9 nitrogen and oxygen atoms in total. The maximum Gasteiger partial charge on any atom is 0.259 e. The molecule has 1 aromatic carbocycles. The van der Waals surface area contributed by atoms with Gasteiger partial charge in [0.2, 0.25) is 5.95 Å². The number of aromatic amines is 1. The van der Waals surface area contributed by atoms with Crippen molar-refractivity contribution in [3.63, 3.8) is 0 Å². The number of fused-ring (bicyclic) bond motifs is 1. The van der Waals surface area contributed by atoms with Gasteiger partial charge in [-0.2, -0.15) is 0 Å². The third-order valence-electron chi connectivity index (χ3n) is 5.31. The summed E-state index contributed by atoms with van der Waals surface area (Å²) >= 11 is 0. The summed E-state index contributed by atoms with van der Waals surface area (Å²) in [7, 11) is 0. The fourth-order valence-electron chi connectivity index (χ4n) is 3.66. The second-order valence-corrected chi connectivity index (χ2v) is 7.35. The number of nitrogens with two attached hydrogens (primary N) is 1. The molecule has 0 atom stereocenters. The van der Waals surface area contributed by atoms with Crippen LogP contribution in [0.2, 0.25) is 0 Å². The van der Waals surface area contributed by atoms with Crippen LogP contribution < -0.4 is 21.5 Å². The lowest BCUT2D eigenvalue weighted by Crippen LogP contribution is -2.36. The molecule has 1 saturated heterocycles. The minimum absolute atomic E-state index is 0.121. The van der Waals surface area contributed by atoms with E-state index in [2.05, 4.69) is 30.2 Å². The summed E-state index contributed by atoms with van der Waals surface area (Å²) in [4.78, 5) is 29.7. The lowest BCUT2D eigenvalue weighted by molar-refractivity contribution is 0.122. The van der Waals surface area contributed by atoms with Crippen LogP contribution in [0.3, 0.4) is 0 Å². The van der Waals surface area contributed by atoms with Gasteiger partial charge < -0.3 is 25.7 Å². The number of rotatable bonds is 4. The number of hydrogen-bond donors (Lipinski definition) is 3. The summed E-state index contributed by atoms with van der Waals surface area (Å²) < 4.78 is 20.0. The van der Waals surface area contributed by atoms with Gasteiger partial charge in [0.1, 0.15) is 11.6 Å². The Morgan fingerprint density at radius 1 is 1.12 bits per heavy atom. The first-order valence-electron chi connectivity index (χ1n) is 10.1. The zero-order chi connectivity index (χ0) is 22.1. The second-order valence-electron chi connectivity index (χ2n) is 7.35. The van der Waals surface area contributed by atoms with E-state index in [9.17, 15) is 9.18 Å². The molecule has 0 unspecified atom stereocenters. The predicted molar refractivity (Wildman–Crippen MR) is 121 cm³/mol. The van der Waals surface area contributed by atoms with E-state index in [4.69, 9.17) is 10.5 Å². The number of ether oxygens (including phenoxy) is 1. The van der Waals surface area contributed by atoms with Gasteiger partial charge in [-0.3, -0.25) is 4.79 Å². The number of H-pyrrole nitrogens is 1. The molecule has 0 bridgehead atoms. The first-order chi connectivity index (χ1) is 15.6. The highest BCUT2D eigenvalue weighted by atomic mass is 19.1. The molecule has 4 heterocycles. The molecule has 1 fully saturated rings. The number of nitrogens with zero attached hydrogens (tertiary/aromatic N) is 4. The Kier molecular flexibility index (Phi) is 5.12. The van der Waals surface area contributed by atoms with Gasteiger partial charge in [0.25, 0.3) is 5.56 Å². The van der Waals surface area contributed by atoms with E-state index in [1.807, 2.05) is 24.3 Å². The third kappa shape index (κ3) is 3.83. The Balaban J connectivity index is 1.55. The van der Waals surface area contributed by atoms with Crippen molar-refractivity contribution in [1.29, 1.82) is 0 Å². The second kappa shape index (κ2) is 8.23. The fraction of sp³-hybridized carbons (Fsp3) is 0.182. The number of nitrogens with one attached hydrogen (secondary N) is 2. The van der Waals surface area contributed by atoms with E-state index in [1.54, 1.807) is 0 Å². The van der Waals surface area contributed by atoms with Crippen LogP contribution in [0, 0.1) is 5.82 Å². The van der Waals surface area contributed by atoms with Crippen LogP contribution >= 0.6 is 0 Å². The molecule has 32 heavy (non-hydrogen) atoms. The largest absolute Gasteiger partial charge is 0.378 e. The van der Waals surface area contributed by atoms with Crippen LogP contribution in [-0.2, 0) is 4.74 Å². The number of halogens is 1. The van der Waals surface area contributed by atoms with Gasteiger partial charge in [-0.1, -0.05) is 0 Å². The van der Waals surface area contributed by atoms with E-state index in [1.165, 1.54) is 18.5 Å². The molecule has 4 N–H and O–H groups in total. The zero-order valence-electron chi connectivity index (χ0n) is 17.0. The molecule has 0 spiro atoms. The standard InChI is InChI=1S/C22H20FN7O2/c23-17-12-25-21(31)19-16(17)9-18(13-10-26-22(24)27-11-13)29-20(19)28-14-1-3-15(4-2-14)30-5-7-32-8-6-30/h1-4,9-12H,5-8H2,(H,25,31)(H,28,29)(H2,24,26,27). The Bertz CT molecular complexity index is 1320. The van der Waals surface area contributed by atoms with Gasteiger partial charge in [0.05, 0.1) is 24.3 Å². The Morgan fingerprint density at radius 3 is 2.56 bits per heavy atom. The lowest BCUT2D eigenvalue weighted by atomic mass is 10.1. The normalized spacial score (nSPS) is 14.0. The maximum absolute atomic E-state index is 14.6. The summed E-state index contributed by atoms with van der Waals surface area (Å²) in [5.74, 6) is -0.213. The van der Waals surface area contributed by atoms with Gasteiger partial charge in [-0.15, -0.1) is 0 Å². The zero-order valence-corrected chi connectivity index (χ0v) is 17.0. The molecule has 0 aliphatic carbocycles. The van der Waals surface area contributed by atoms with Gasteiger partial charge in [-0.05, 0) is 30.3 Å². The van der Waals surface area contributed by atoms with Gasteiger partial charge in [0.15, 0.2) is 0 Å². The quantitative estimate of drug-likeness (QED) is 0.449. The minimum atomic E-state index is -0.565. The van der Waals surface area contributed by atoms with Gasteiger partial charge in [0, 0.05) is 54.0 Å². The summed E-state index contributed by atoms with van der Waals surface area (Å²) in [6, 6.07) is 9.26. The van der Waals surface area contributed by atoms with Gasteiger partial charge >= 0.3 is 0 Å². The number of anilines is 4. The summed E-state index contributed by atoms with van der Waals surface area (Å²) in [6.07, 6.45) is 4.04. The van der Waals surface area contributed by atoms with E-state index >= 15 is 0 Å². The molecule has 10 heteroatoms. The van der Waals surface area contributed by atoms with Crippen LogP contribution in [0.15, 0.2) is 53.7 Å². The average Bonchev–Trinajstić information content (AvgIpc) is 2.83. The topological polar surface area (TPSA) is 122 Å². The first kappa shape index (κ1) is 19.9. The maximum atomic E-state index is 14.6. The number of hydrogen-bond acceptors (Lipinski definition) is 8. The van der Waals surface area contributed by atoms with Gasteiger partial charge in [-0.25, -0.2) is 19.3 Å². The molecule has 5 rings (SSSR count). The minimum Gasteiger partial charge on any atom is -0.378 e. The molecule has 0 radical (unpaired) electrons. The molecular formula is C22H20FN7O2. The van der Waals surface area contributed by atoms with Crippen LogP contribution in [0.25, 0.3) is 22.0 Å². The van der Waals surface area contributed by atoms with E-state index < -0.39 is 11.4 Å². The van der Waals surface area contributed by atoms with Crippen molar-refractivity contribution in [1.82, 2.24) is 19.9 Å². The van der Waals surface area contributed by atoms with Crippen LogP contribution in [0.4, 0.5) is 27.5 Å². The summed E-state index contributed by atoms with van der Waals surface area (Å²) in [5, 5.41) is 3.43. The highest BCUT2D eigenvalue weighted by Gasteiger charge is 2.16. The molecular weight excluding hydrogens is 413 g/mol. The number of nitrogen functional groups attached to an aromatic ring is 1. The van der Waals surface area contributed by atoms with Crippen molar-refractivity contribution in [2.75, 3.05) is 42.3 Å². The summed E-state index contributed by atoms with van der Waals surface area (Å²) in [6.45, 7) is 3.07. The van der Waals surface area contributed by atoms with Crippen LogP contribution in [-0.4, -0.2) is 46.2 Å². The van der Waals surface area contributed by atoms with E-state index in [0.717, 1.165) is 25.0 Å². The Labute approximate surface area is 182 Å². The fourth-order valence-corrected chi connectivity index (χ4v) is 3.66. The average molecular weight is 433 g/mol. The molecule has 1 aliphatic heterocycles. The van der Waals surface area contributed by atoms with Crippen LogP contribution in [0.1, 0.15) is 0 Å². The molecule has 3 aromatic heterocycles. The molecule has 1 aliphatic rings. The van der Waals surface area contributed by atoms with E-state index in [0.29, 0.717) is 30.2 Å². The summed E-state index contributed by atoms with van der Waals surface area (Å²) in [5.41, 5.74) is 7.87. The lowest BCUT2D eigenvalue weighted by Gasteiger charge is -2.28. The Hall–Kier alpha value is -4.05. The monoisotopic (exact) mass is 433 g/mol.